The molecule has 76 valence electrons. The quantitative estimate of drug-likeness (QED) is 0.612. The van der Waals surface area contributed by atoms with E-state index in [-0.39, 0.29) is 5.91 Å². The smallest absolute Gasteiger partial charge is 0.263 e. The zero-order valence-corrected chi connectivity index (χ0v) is 9.13. The molecule has 0 aromatic carbocycles. The van der Waals surface area contributed by atoms with E-state index >= 15 is 0 Å². The van der Waals surface area contributed by atoms with E-state index in [0.717, 1.165) is 0 Å². The van der Waals surface area contributed by atoms with Gasteiger partial charge in [0.2, 0.25) is 0 Å². The van der Waals surface area contributed by atoms with Crippen LogP contribution in [0.15, 0.2) is 21.8 Å². The van der Waals surface area contributed by atoms with Gasteiger partial charge in [-0.1, -0.05) is 5.22 Å². The third kappa shape index (κ3) is 2.53. The molecule has 1 aromatic rings. The Labute approximate surface area is 86.4 Å². The van der Waals surface area contributed by atoms with Gasteiger partial charge in [-0.2, -0.15) is 0 Å². The van der Waals surface area contributed by atoms with Crippen molar-refractivity contribution in [2.24, 2.45) is 10.3 Å². The van der Waals surface area contributed by atoms with E-state index < -0.39 is 0 Å². The van der Waals surface area contributed by atoms with Crippen molar-refractivity contribution in [3.63, 3.8) is 0 Å². The summed E-state index contributed by atoms with van der Waals surface area (Å²) < 4.78 is 0. The molecular formula is C8H12N4OS. The highest BCUT2D eigenvalue weighted by Gasteiger charge is 2.10. The molecule has 0 atom stereocenters. The van der Waals surface area contributed by atoms with Gasteiger partial charge in [-0.25, -0.2) is 0 Å². The zero-order chi connectivity index (χ0) is 10.6. The fourth-order valence-corrected chi connectivity index (χ4v) is 1.57. The summed E-state index contributed by atoms with van der Waals surface area (Å²) >= 11 is 1.35. The number of hydrogen-bond acceptors (Lipinski definition) is 4. The largest absolute Gasteiger partial charge is 0.354 e. The summed E-state index contributed by atoms with van der Waals surface area (Å²) in [6.45, 7) is 0. The molecule has 5 nitrogen and oxygen atoms in total. The molecule has 0 aliphatic heterocycles. The monoisotopic (exact) mass is 212 g/mol. The van der Waals surface area contributed by atoms with Gasteiger partial charge < -0.3 is 5.32 Å². The van der Waals surface area contributed by atoms with E-state index in [1.165, 1.54) is 11.3 Å². The van der Waals surface area contributed by atoms with E-state index in [1.54, 1.807) is 32.2 Å². The number of nitrogens with zero attached hydrogens (tertiary/aromatic N) is 3. The number of rotatable bonds is 3. The minimum atomic E-state index is -0.132. The summed E-state index contributed by atoms with van der Waals surface area (Å²) in [6, 6.07) is 1.77. The lowest BCUT2D eigenvalue weighted by molar-refractivity contribution is 0.0967. The lowest BCUT2D eigenvalue weighted by Gasteiger charge is -2.00. The first-order chi connectivity index (χ1) is 6.65. The van der Waals surface area contributed by atoms with Crippen molar-refractivity contribution in [2.45, 2.75) is 0 Å². The van der Waals surface area contributed by atoms with E-state index in [9.17, 15) is 4.79 Å². The van der Waals surface area contributed by atoms with Crippen LogP contribution in [0, 0.1) is 0 Å². The van der Waals surface area contributed by atoms with Crippen LogP contribution in [0.5, 0.6) is 0 Å². The van der Waals surface area contributed by atoms with Crippen molar-refractivity contribution in [3.05, 3.63) is 16.3 Å². The Morgan fingerprint density at radius 3 is 2.86 bits per heavy atom. The highest BCUT2D eigenvalue weighted by atomic mass is 32.1. The average Bonchev–Trinajstić information content (AvgIpc) is 2.61. The standard InChI is InChI=1S/C8H12N4OS/c1-9-8(13)7-6(4-5-14-7)10-11-12(2)3/h4-5H,1-3H3,(H,9,13)/b11-10+. The molecule has 0 bridgehead atoms. The normalized spacial score (nSPS) is 10.5. The number of amides is 1. The second-order valence-electron chi connectivity index (χ2n) is 2.75. The lowest BCUT2D eigenvalue weighted by atomic mass is 10.4. The molecule has 0 fully saturated rings. The number of carbonyl (C=O) groups excluding carboxylic acids is 1. The maximum Gasteiger partial charge on any atom is 0.263 e. The van der Waals surface area contributed by atoms with Gasteiger partial charge >= 0.3 is 0 Å². The van der Waals surface area contributed by atoms with E-state index in [0.29, 0.717) is 10.6 Å². The molecule has 0 aliphatic rings. The fraction of sp³-hybridized carbons (Fsp3) is 0.375. The molecule has 6 heteroatoms. The summed E-state index contributed by atoms with van der Waals surface area (Å²) in [7, 11) is 5.14. The van der Waals surface area contributed by atoms with Crippen molar-refractivity contribution in [2.75, 3.05) is 21.1 Å². The van der Waals surface area contributed by atoms with Gasteiger partial charge in [-0.3, -0.25) is 9.80 Å². The molecule has 1 amide bonds. The second-order valence-corrected chi connectivity index (χ2v) is 3.67. The molecule has 0 aliphatic carbocycles. The minimum Gasteiger partial charge on any atom is -0.354 e. The molecule has 1 rings (SSSR count). The molecule has 1 N–H and O–H groups in total. The van der Waals surface area contributed by atoms with Gasteiger partial charge in [0, 0.05) is 21.1 Å². The van der Waals surface area contributed by atoms with Crippen molar-refractivity contribution in [1.82, 2.24) is 10.3 Å². The van der Waals surface area contributed by atoms with E-state index in [4.69, 9.17) is 0 Å². The molecule has 14 heavy (non-hydrogen) atoms. The summed E-state index contributed by atoms with van der Waals surface area (Å²) in [5.41, 5.74) is 0.600. The Balaban J connectivity index is 2.88. The second kappa shape index (κ2) is 4.71. The van der Waals surface area contributed by atoms with Crippen LogP contribution in [0.4, 0.5) is 5.69 Å². The van der Waals surface area contributed by atoms with Crippen molar-refractivity contribution in [3.8, 4) is 0 Å². The number of nitrogens with one attached hydrogen (secondary N) is 1. The third-order valence-electron chi connectivity index (χ3n) is 1.41. The average molecular weight is 212 g/mol. The molecule has 0 saturated carbocycles. The van der Waals surface area contributed by atoms with Gasteiger partial charge in [-0.15, -0.1) is 16.5 Å². The SMILES string of the molecule is CNC(=O)c1sccc1/N=N/N(C)C. The Bertz CT molecular complexity index is 345. The van der Waals surface area contributed by atoms with Crippen molar-refractivity contribution in [1.29, 1.82) is 0 Å². The highest BCUT2D eigenvalue weighted by molar-refractivity contribution is 7.12. The fourth-order valence-electron chi connectivity index (χ4n) is 0.802. The van der Waals surface area contributed by atoms with Crippen LogP contribution < -0.4 is 5.32 Å². The van der Waals surface area contributed by atoms with Crippen LogP contribution in [-0.2, 0) is 0 Å². The molecule has 1 aromatic heterocycles. The summed E-state index contributed by atoms with van der Waals surface area (Å²) in [6.07, 6.45) is 0. The van der Waals surface area contributed by atoms with Crippen LogP contribution in [0.1, 0.15) is 9.67 Å². The third-order valence-corrected chi connectivity index (χ3v) is 2.31. The first-order valence-corrected chi connectivity index (χ1v) is 4.91. The highest BCUT2D eigenvalue weighted by Crippen LogP contribution is 2.25. The summed E-state index contributed by atoms with van der Waals surface area (Å²) in [4.78, 5) is 11.9. The van der Waals surface area contributed by atoms with Crippen LogP contribution in [0.25, 0.3) is 0 Å². The van der Waals surface area contributed by atoms with Crippen LogP contribution in [0.3, 0.4) is 0 Å². The van der Waals surface area contributed by atoms with Crippen LogP contribution in [-0.4, -0.2) is 32.1 Å². The lowest BCUT2D eigenvalue weighted by Crippen LogP contribution is -2.16. The Morgan fingerprint density at radius 1 is 1.57 bits per heavy atom. The Morgan fingerprint density at radius 2 is 2.29 bits per heavy atom. The van der Waals surface area contributed by atoms with Gasteiger partial charge in [0.25, 0.3) is 5.91 Å². The van der Waals surface area contributed by atoms with Gasteiger partial charge in [-0.05, 0) is 11.4 Å². The number of thiophene rings is 1. The van der Waals surface area contributed by atoms with Crippen molar-refractivity contribution < 1.29 is 4.79 Å². The van der Waals surface area contributed by atoms with Crippen LogP contribution in [0.2, 0.25) is 0 Å². The Kier molecular flexibility index (Phi) is 3.58. The predicted octanol–water partition coefficient (Wildman–Crippen LogP) is 1.67. The van der Waals surface area contributed by atoms with Crippen molar-refractivity contribution >= 4 is 22.9 Å². The Hall–Kier alpha value is -1.43. The first-order valence-electron chi connectivity index (χ1n) is 4.03. The summed E-state index contributed by atoms with van der Waals surface area (Å²) in [5.74, 6) is -0.132. The molecular weight excluding hydrogens is 200 g/mol. The molecule has 0 saturated heterocycles. The van der Waals surface area contributed by atoms with Gasteiger partial charge in [0.05, 0.1) is 0 Å². The first kappa shape index (κ1) is 10.6. The maximum absolute atomic E-state index is 11.3. The number of carbonyl (C=O) groups is 1. The topological polar surface area (TPSA) is 57.1 Å². The van der Waals surface area contributed by atoms with Gasteiger partial charge in [0.1, 0.15) is 10.6 Å². The zero-order valence-electron chi connectivity index (χ0n) is 8.31. The number of hydrogen-bond donors (Lipinski definition) is 1. The van der Waals surface area contributed by atoms with Crippen LogP contribution >= 0.6 is 11.3 Å². The molecule has 0 spiro atoms. The maximum atomic E-state index is 11.3. The minimum absolute atomic E-state index is 0.132. The van der Waals surface area contributed by atoms with E-state index in [1.807, 2.05) is 5.38 Å². The van der Waals surface area contributed by atoms with Gasteiger partial charge in [0.15, 0.2) is 0 Å². The molecule has 0 radical (unpaired) electrons. The van der Waals surface area contributed by atoms with E-state index in [2.05, 4.69) is 15.7 Å². The molecule has 0 unspecified atom stereocenters. The predicted molar refractivity (Wildman–Crippen MR) is 55.9 cm³/mol. The summed E-state index contributed by atoms with van der Waals surface area (Å²) in [5, 5.41) is 13.7. The molecule has 1 heterocycles.